The predicted octanol–water partition coefficient (Wildman–Crippen LogP) is 2.91. The Morgan fingerprint density at radius 3 is 2.46 bits per heavy atom. The normalized spacial score (nSPS) is 17.4. The molecule has 1 N–H and O–H groups in total. The first kappa shape index (κ1) is 23.6. The molecule has 6 rings (SSSR count). The average molecular weight is 502 g/mol. The smallest absolute Gasteiger partial charge is 0.253 e. The van der Waals surface area contributed by atoms with Gasteiger partial charge in [0.05, 0.1) is 11.1 Å². The maximum atomic E-state index is 13.5. The Morgan fingerprint density at radius 2 is 1.73 bits per heavy atom. The summed E-state index contributed by atoms with van der Waals surface area (Å²) in [6.45, 7) is 10.6. The molecule has 0 bridgehead atoms. The van der Waals surface area contributed by atoms with Crippen molar-refractivity contribution in [2.45, 2.75) is 38.9 Å². The van der Waals surface area contributed by atoms with Gasteiger partial charge in [0.1, 0.15) is 6.04 Å². The number of ether oxygens (including phenoxy) is 2. The van der Waals surface area contributed by atoms with Gasteiger partial charge >= 0.3 is 0 Å². The van der Waals surface area contributed by atoms with Crippen molar-refractivity contribution in [2.75, 3.05) is 33.0 Å². The molecule has 10 heteroatoms. The molecule has 2 aromatic carbocycles. The molecular formula is C27H31N7O3. The minimum Gasteiger partial charge on any atom is -0.454 e. The lowest BCUT2D eigenvalue weighted by molar-refractivity contribution is 0.0975. The summed E-state index contributed by atoms with van der Waals surface area (Å²) in [5.41, 5.74) is 2.12. The van der Waals surface area contributed by atoms with E-state index in [1.807, 2.05) is 28.9 Å². The fourth-order valence-corrected chi connectivity index (χ4v) is 5.18. The van der Waals surface area contributed by atoms with E-state index in [4.69, 9.17) is 9.47 Å². The molecule has 0 radical (unpaired) electrons. The van der Waals surface area contributed by atoms with Gasteiger partial charge in [0.25, 0.3) is 5.56 Å². The van der Waals surface area contributed by atoms with Crippen LogP contribution in [0.3, 0.4) is 0 Å². The van der Waals surface area contributed by atoms with Crippen LogP contribution in [0.1, 0.15) is 43.8 Å². The number of nitrogens with zero attached hydrogens (tertiary/aromatic N) is 6. The van der Waals surface area contributed by atoms with Crippen LogP contribution in [-0.2, 0) is 12.1 Å². The van der Waals surface area contributed by atoms with Crippen molar-refractivity contribution in [3.05, 3.63) is 75.8 Å². The second-order valence-electron chi connectivity index (χ2n) is 10.7. The molecular weight excluding hydrogens is 470 g/mol. The Balaban J connectivity index is 1.37. The van der Waals surface area contributed by atoms with E-state index in [1.54, 1.807) is 0 Å². The first-order chi connectivity index (χ1) is 17.9. The van der Waals surface area contributed by atoms with Gasteiger partial charge in [-0.25, -0.2) is 4.68 Å². The Hall–Kier alpha value is -3.76. The van der Waals surface area contributed by atoms with E-state index in [1.165, 1.54) is 5.56 Å². The monoisotopic (exact) mass is 501 g/mol. The lowest BCUT2D eigenvalue weighted by Gasteiger charge is -2.39. The van der Waals surface area contributed by atoms with E-state index in [9.17, 15) is 4.79 Å². The van der Waals surface area contributed by atoms with Crippen LogP contribution in [-0.4, -0.2) is 68.0 Å². The van der Waals surface area contributed by atoms with E-state index in [0.29, 0.717) is 28.4 Å². The molecule has 37 heavy (non-hydrogen) atoms. The molecule has 2 aliphatic rings. The summed E-state index contributed by atoms with van der Waals surface area (Å²) in [6, 6.07) is 15.8. The number of benzene rings is 2. The number of H-pyrrole nitrogens is 1. The molecule has 0 spiro atoms. The second kappa shape index (κ2) is 9.28. The molecule has 0 unspecified atom stereocenters. The van der Waals surface area contributed by atoms with Gasteiger partial charge in [-0.1, -0.05) is 30.3 Å². The highest BCUT2D eigenvalue weighted by atomic mass is 16.7. The van der Waals surface area contributed by atoms with E-state index >= 15 is 0 Å². The number of fused-ring (bicyclic) bond motifs is 2. The van der Waals surface area contributed by atoms with E-state index in [2.05, 4.69) is 75.3 Å². The van der Waals surface area contributed by atoms with Crippen LogP contribution in [0.4, 0.5) is 0 Å². The van der Waals surface area contributed by atoms with Crippen molar-refractivity contribution >= 4 is 10.9 Å². The fourth-order valence-electron chi connectivity index (χ4n) is 5.18. The molecule has 192 valence electrons. The third-order valence-electron chi connectivity index (χ3n) is 7.06. The second-order valence-corrected chi connectivity index (χ2v) is 10.7. The van der Waals surface area contributed by atoms with Gasteiger partial charge in [0.2, 0.25) is 6.79 Å². The number of hydrogen-bond donors (Lipinski definition) is 1. The topological polar surface area (TPSA) is 101 Å². The van der Waals surface area contributed by atoms with Gasteiger partial charge in [-0.05, 0) is 48.9 Å². The molecule has 2 aromatic heterocycles. The fraction of sp³-hybridized carbons (Fsp3) is 0.407. The number of hydrogen-bond acceptors (Lipinski definition) is 8. The number of aromatic nitrogens is 5. The van der Waals surface area contributed by atoms with Crippen LogP contribution < -0.4 is 15.0 Å². The van der Waals surface area contributed by atoms with Gasteiger partial charge in [-0.2, -0.15) is 0 Å². The Bertz CT molecular complexity index is 1470. The van der Waals surface area contributed by atoms with Gasteiger partial charge in [-0.3, -0.25) is 14.6 Å². The third-order valence-corrected chi connectivity index (χ3v) is 7.06. The number of pyridine rings is 1. The van der Waals surface area contributed by atoms with Gasteiger partial charge in [0, 0.05) is 49.7 Å². The molecule has 4 aromatic rings. The lowest BCUT2D eigenvalue weighted by Crippen LogP contribution is -2.49. The predicted molar refractivity (Wildman–Crippen MR) is 139 cm³/mol. The summed E-state index contributed by atoms with van der Waals surface area (Å²) in [7, 11) is 0. The van der Waals surface area contributed by atoms with Gasteiger partial charge in [0.15, 0.2) is 17.3 Å². The molecule has 4 heterocycles. The zero-order chi connectivity index (χ0) is 25.6. The van der Waals surface area contributed by atoms with E-state index < -0.39 is 6.04 Å². The summed E-state index contributed by atoms with van der Waals surface area (Å²) in [5.74, 6) is 1.98. The summed E-state index contributed by atoms with van der Waals surface area (Å²) < 4.78 is 12.9. The Morgan fingerprint density at radius 1 is 1.00 bits per heavy atom. The van der Waals surface area contributed by atoms with Crippen molar-refractivity contribution in [2.24, 2.45) is 0 Å². The summed E-state index contributed by atoms with van der Waals surface area (Å²) in [5, 5.41) is 13.7. The van der Waals surface area contributed by atoms with Crippen LogP contribution in [0.5, 0.6) is 11.5 Å². The van der Waals surface area contributed by atoms with Crippen LogP contribution in [0.15, 0.2) is 53.3 Å². The molecule has 1 atom stereocenters. The molecule has 2 aliphatic heterocycles. The maximum absolute atomic E-state index is 13.5. The summed E-state index contributed by atoms with van der Waals surface area (Å²) in [4.78, 5) is 21.4. The minimum absolute atomic E-state index is 0.161. The van der Waals surface area contributed by atoms with Crippen LogP contribution in [0, 0.1) is 0 Å². The van der Waals surface area contributed by atoms with Crippen LogP contribution in [0.25, 0.3) is 10.9 Å². The van der Waals surface area contributed by atoms with Crippen molar-refractivity contribution in [1.82, 2.24) is 35.0 Å². The zero-order valence-corrected chi connectivity index (χ0v) is 21.3. The molecule has 10 nitrogen and oxygen atoms in total. The number of rotatable bonds is 5. The quantitative estimate of drug-likeness (QED) is 0.446. The van der Waals surface area contributed by atoms with Crippen molar-refractivity contribution < 1.29 is 9.47 Å². The number of nitrogens with one attached hydrogen (secondary N) is 1. The highest BCUT2D eigenvalue weighted by Gasteiger charge is 2.35. The Kier molecular flexibility index (Phi) is 5.92. The molecule has 0 amide bonds. The molecule has 0 saturated carbocycles. The van der Waals surface area contributed by atoms with Crippen LogP contribution >= 0.6 is 0 Å². The molecule has 1 saturated heterocycles. The lowest BCUT2D eigenvalue weighted by atomic mass is 10.0. The zero-order valence-electron chi connectivity index (χ0n) is 21.3. The standard InChI is InChI=1S/C27H31N7O3/c1-27(2,3)34-25(29-30-31-34)24(33-11-9-32(10-12-33)16-18-7-5-4-6-8-18)20-13-19-14-22-23(37-17-36-22)15-21(19)28-26(20)35/h4-8,13-15,24H,9-12,16-17H2,1-3H3,(H,28,35)/t24-/m0/s1. The number of aromatic amines is 1. The SMILES string of the molecule is CC(C)(C)n1nnnc1[C@H](c1cc2cc3c(cc2[nH]c1=O)OCO3)N1CCN(Cc2ccccc2)CC1. The summed E-state index contributed by atoms with van der Waals surface area (Å²) >= 11 is 0. The van der Waals surface area contributed by atoms with Gasteiger partial charge < -0.3 is 14.5 Å². The van der Waals surface area contributed by atoms with E-state index in [-0.39, 0.29) is 17.9 Å². The average Bonchev–Trinajstić information content (AvgIpc) is 3.54. The van der Waals surface area contributed by atoms with Crippen LogP contribution in [0.2, 0.25) is 0 Å². The highest BCUT2D eigenvalue weighted by molar-refractivity contribution is 5.83. The highest BCUT2D eigenvalue weighted by Crippen LogP contribution is 2.36. The van der Waals surface area contributed by atoms with Crippen molar-refractivity contribution in [1.29, 1.82) is 0 Å². The Labute approximate surface area is 214 Å². The summed E-state index contributed by atoms with van der Waals surface area (Å²) in [6.07, 6.45) is 0. The largest absolute Gasteiger partial charge is 0.454 e. The number of piperazine rings is 1. The number of tetrazole rings is 1. The molecule has 0 aliphatic carbocycles. The maximum Gasteiger partial charge on any atom is 0.253 e. The van der Waals surface area contributed by atoms with Crippen molar-refractivity contribution in [3.8, 4) is 11.5 Å². The third kappa shape index (κ3) is 4.58. The van der Waals surface area contributed by atoms with E-state index in [0.717, 1.165) is 38.1 Å². The minimum atomic E-state index is -0.397. The van der Waals surface area contributed by atoms with Crippen molar-refractivity contribution in [3.63, 3.8) is 0 Å². The molecule has 1 fully saturated rings. The first-order valence-electron chi connectivity index (χ1n) is 12.6. The first-order valence-corrected chi connectivity index (χ1v) is 12.6. The van der Waals surface area contributed by atoms with Gasteiger partial charge in [-0.15, -0.1) is 5.10 Å².